The predicted molar refractivity (Wildman–Crippen MR) is 81.3 cm³/mol. The highest BCUT2D eigenvalue weighted by Crippen LogP contribution is 2.27. The van der Waals surface area contributed by atoms with Crippen LogP contribution in [-0.4, -0.2) is 4.92 Å². The summed E-state index contributed by atoms with van der Waals surface area (Å²) in [6.45, 7) is 4.69. The molecule has 0 spiro atoms. The Bertz CT molecular complexity index is 656. The Hall–Kier alpha value is -2.07. The minimum atomic E-state index is -0.433. The van der Waals surface area contributed by atoms with E-state index in [1.54, 1.807) is 0 Å². The zero-order valence-electron chi connectivity index (χ0n) is 11.3. The minimum Gasteiger partial charge on any atom is -0.380 e. The summed E-state index contributed by atoms with van der Waals surface area (Å²) < 4.78 is 0. The molecule has 0 fully saturated rings. The van der Waals surface area contributed by atoms with E-state index in [2.05, 4.69) is 31.3 Å². The highest BCUT2D eigenvalue weighted by molar-refractivity contribution is 6.33. The van der Waals surface area contributed by atoms with Gasteiger partial charge in [-0.2, -0.15) is 0 Å². The molecule has 0 aromatic heterocycles. The lowest BCUT2D eigenvalue weighted by Gasteiger charge is -2.10. The van der Waals surface area contributed by atoms with E-state index in [0.29, 0.717) is 17.3 Å². The normalized spacial score (nSPS) is 10.3. The van der Waals surface area contributed by atoms with E-state index >= 15 is 0 Å². The predicted octanol–water partition coefficient (Wildman–Crippen LogP) is 4.48. The third-order valence-corrected chi connectivity index (χ3v) is 3.54. The summed E-state index contributed by atoms with van der Waals surface area (Å²) in [6, 6.07) is 10.5. The molecule has 1 N–H and O–H groups in total. The van der Waals surface area contributed by atoms with Gasteiger partial charge in [0.15, 0.2) is 0 Å². The second-order valence-corrected chi connectivity index (χ2v) is 5.10. The van der Waals surface area contributed by atoms with Gasteiger partial charge in [-0.25, -0.2) is 0 Å². The van der Waals surface area contributed by atoms with Crippen LogP contribution in [0.4, 0.5) is 11.4 Å². The van der Waals surface area contributed by atoms with Crippen molar-refractivity contribution in [2.24, 2.45) is 0 Å². The Kier molecular flexibility index (Phi) is 4.25. The molecule has 0 heterocycles. The van der Waals surface area contributed by atoms with E-state index in [1.807, 2.05) is 6.07 Å². The molecule has 2 aromatic carbocycles. The number of nitrogens with zero attached hydrogens (tertiary/aromatic N) is 1. The van der Waals surface area contributed by atoms with Crippen LogP contribution in [0, 0.1) is 24.0 Å². The maximum Gasteiger partial charge on any atom is 0.271 e. The fourth-order valence-electron chi connectivity index (χ4n) is 1.87. The second kappa shape index (κ2) is 5.92. The molecule has 0 aliphatic heterocycles. The topological polar surface area (TPSA) is 55.2 Å². The van der Waals surface area contributed by atoms with Crippen LogP contribution in [0.5, 0.6) is 0 Å². The number of aryl methyl sites for hydroxylation is 2. The molecule has 2 rings (SSSR count). The number of nitrogens with one attached hydrogen (secondary N) is 1. The van der Waals surface area contributed by atoms with E-state index in [0.717, 1.165) is 5.56 Å². The summed E-state index contributed by atoms with van der Waals surface area (Å²) in [5.74, 6) is 0. The number of anilines is 1. The van der Waals surface area contributed by atoms with Crippen LogP contribution < -0.4 is 5.32 Å². The highest BCUT2D eigenvalue weighted by Gasteiger charge is 2.09. The largest absolute Gasteiger partial charge is 0.380 e. The van der Waals surface area contributed by atoms with E-state index < -0.39 is 4.92 Å². The van der Waals surface area contributed by atoms with Crippen molar-refractivity contribution in [2.45, 2.75) is 20.4 Å². The van der Waals surface area contributed by atoms with Gasteiger partial charge in [-0.3, -0.25) is 10.1 Å². The van der Waals surface area contributed by atoms with Crippen molar-refractivity contribution in [3.8, 4) is 0 Å². The average molecular weight is 291 g/mol. The van der Waals surface area contributed by atoms with E-state index in [1.165, 1.54) is 29.3 Å². The summed E-state index contributed by atoms with van der Waals surface area (Å²) in [4.78, 5) is 10.3. The zero-order valence-corrected chi connectivity index (χ0v) is 12.1. The fraction of sp³-hybridized carbons (Fsp3) is 0.200. The lowest BCUT2D eigenvalue weighted by molar-refractivity contribution is -0.384. The number of non-ortho nitro benzene ring substituents is 1. The number of nitro groups is 1. The summed E-state index contributed by atoms with van der Waals surface area (Å²) in [5.41, 5.74) is 4.16. The summed E-state index contributed by atoms with van der Waals surface area (Å²) in [6.07, 6.45) is 0. The number of halogens is 1. The van der Waals surface area contributed by atoms with Gasteiger partial charge in [-0.1, -0.05) is 29.8 Å². The van der Waals surface area contributed by atoms with Crippen molar-refractivity contribution < 1.29 is 4.92 Å². The molecule has 0 atom stereocenters. The SMILES string of the molecule is Cc1ccc(CNc2cc([N+](=O)[O-])ccc2Cl)cc1C. The van der Waals surface area contributed by atoms with Gasteiger partial charge in [0.1, 0.15) is 0 Å². The van der Waals surface area contributed by atoms with Crippen molar-refractivity contribution in [3.05, 3.63) is 68.2 Å². The number of nitro benzene ring substituents is 1. The van der Waals surface area contributed by atoms with Crippen LogP contribution in [0.15, 0.2) is 36.4 Å². The molecule has 0 aliphatic carbocycles. The summed E-state index contributed by atoms with van der Waals surface area (Å²) in [7, 11) is 0. The zero-order chi connectivity index (χ0) is 14.7. The Morgan fingerprint density at radius 1 is 1.15 bits per heavy atom. The molecule has 2 aromatic rings. The molecule has 20 heavy (non-hydrogen) atoms. The average Bonchev–Trinajstić information content (AvgIpc) is 2.41. The van der Waals surface area contributed by atoms with Crippen LogP contribution in [0.25, 0.3) is 0 Å². The number of hydrogen-bond acceptors (Lipinski definition) is 3. The van der Waals surface area contributed by atoms with Crippen LogP contribution in [0.2, 0.25) is 5.02 Å². The molecule has 104 valence electrons. The summed E-state index contributed by atoms with van der Waals surface area (Å²) in [5, 5.41) is 14.4. The van der Waals surface area contributed by atoms with Crippen molar-refractivity contribution in [1.29, 1.82) is 0 Å². The number of hydrogen-bond donors (Lipinski definition) is 1. The first-order valence-corrected chi connectivity index (χ1v) is 6.59. The number of benzene rings is 2. The van der Waals surface area contributed by atoms with Gasteiger partial charge in [0, 0.05) is 18.7 Å². The third kappa shape index (κ3) is 3.27. The first-order chi connectivity index (χ1) is 9.47. The van der Waals surface area contributed by atoms with E-state index in [-0.39, 0.29) is 5.69 Å². The first kappa shape index (κ1) is 14.3. The molecule has 0 saturated carbocycles. The molecule has 5 heteroatoms. The Balaban J connectivity index is 2.15. The van der Waals surface area contributed by atoms with Gasteiger partial charge in [-0.15, -0.1) is 0 Å². The Morgan fingerprint density at radius 2 is 1.90 bits per heavy atom. The molecule has 4 nitrogen and oxygen atoms in total. The quantitative estimate of drug-likeness (QED) is 0.667. The molecule has 0 amide bonds. The van der Waals surface area contributed by atoms with Gasteiger partial charge in [0.2, 0.25) is 0 Å². The van der Waals surface area contributed by atoms with Gasteiger partial charge >= 0.3 is 0 Å². The Labute approximate surface area is 122 Å². The molecule has 0 radical (unpaired) electrons. The molecular formula is C15H15ClN2O2. The maximum atomic E-state index is 10.8. The first-order valence-electron chi connectivity index (χ1n) is 6.21. The van der Waals surface area contributed by atoms with Crippen LogP contribution in [0.1, 0.15) is 16.7 Å². The molecular weight excluding hydrogens is 276 g/mol. The van der Waals surface area contributed by atoms with E-state index in [4.69, 9.17) is 11.6 Å². The van der Waals surface area contributed by atoms with Gasteiger partial charge < -0.3 is 5.32 Å². The third-order valence-electron chi connectivity index (χ3n) is 3.22. The maximum absolute atomic E-state index is 10.8. The molecule has 0 aliphatic rings. The number of rotatable bonds is 4. The molecule has 0 bridgehead atoms. The minimum absolute atomic E-state index is 0.0250. The second-order valence-electron chi connectivity index (χ2n) is 4.69. The van der Waals surface area contributed by atoms with Crippen molar-refractivity contribution >= 4 is 23.0 Å². The van der Waals surface area contributed by atoms with E-state index in [9.17, 15) is 10.1 Å². The van der Waals surface area contributed by atoms with Gasteiger partial charge in [-0.05, 0) is 36.6 Å². The highest BCUT2D eigenvalue weighted by atomic mass is 35.5. The summed E-state index contributed by atoms with van der Waals surface area (Å²) >= 11 is 6.04. The van der Waals surface area contributed by atoms with Crippen LogP contribution >= 0.6 is 11.6 Å². The standard InChI is InChI=1S/C15H15ClN2O2/c1-10-3-4-12(7-11(10)2)9-17-15-8-13(18(19)20)5-6-14(15)16/h3-8,17H,9H2,1-2H3. The Morgan fingerprint density at radius 3 is 2.55 bits per heavy atom. The smallest absolute Gasteiger partial charge is 0.271 e. The van der Waals surface area contributed by atoms with Crippen LogP contribution in [-0.2, 0) is 6.54 Å². The van der Waals surface area contributed by atoms with Crippen molar-refractivity contribution in [3.63, 3.8) is 0 Å². The fourth-order valence-corrected chi connectivity index (χ4v) is 2.06. The van der Waals surface area contributed by atoms with Gasteiger partial charge in [0.05, 0.1) is 15.6 Å². The monoisotopic (exact) mass is 290 g/mol. The lowest BCUT2D eigenvalue weighted by Crippen LogP contribution is -2.01. The van der Waals surface area contributed by atoms with Gasteiger partial charge in [0.25, 0.3) is 5.69 Å². The van der Waals surface area contributed by atoms with Crippen LogP contribution in [0.3, 0.4) is 0 Å². The lowest BCUT2D eigenvalue weighted by atomic mass is 10.1. The van der Waals surface area contributed by atoms with Crippen molar-refractivity contribution in [2.75, 3.05) is 5.32 Å². The molecule has 0 saturated heterocycles. The van der Waals surface area contributed by atoms with Crippen molar-refractivity contribution in [1.82, 2.24) is 0 Å². The molecule has 0 unspecified atom stereocenters.